The fourth-order valence-corrected chi connectivity index (χ4v) is 4.71. The van der Waals surface area contributed by atoms with Gasteiger partial charge in [0.2, 0.25) is 5.88 Å². The molecule has 0 saturated carbocycles. The Morgan fingerprint density at radius 1 is 1.05 bits per heavy atom. The summed E-state index contributed by atoms with van der Waals surface area (Å²) in [5.74, 6) is 1.78. The highest BCUT2D eigenvalue weighted by atomic mass is 16.5. The Hall–Kier alpha value is -3.45. The first-order valence-corrected chi connectivity index (χ1v) is 13.6. The fraction of sp³-hybridized carbons (Fsp3) is 0.452. The van der Waals surface area contributed by atoms with Gasteiger partial charge in [0.25, 0.3) is 5.91 Å². The third kappa shape index (κ3) is 8.02. The average molecular weight is 516 g/mol. The second-order valence-corrected chi connectivity index (χ2v) is 11.3. The average Bonchev–Trinajstić information content (AvgIpc) is 2.91. The van der Waals surface area contributed by atoms with Crippen molar-refractivity contribution < 1.29 is 9.53 Å². The number of likely N-dealkylation sites (tertiary alicyclic amines) is 1. The van der Waals surface area contributed by atoms with Crippen LogP contribution < -0.4 is 15.4 Å². The molecule has 0 atom stereocenters. The van der Waals surface area contributed by atoms with Gasteiger partial charge >= 0.3 is 0 Å². The largest absolute Gasteiger partial charge is 0.478 e. The molecule has 0 bridgehead atoms. The fourth-order valence-electron chi connectivity index (χ4n) is 4.71. The molecule has 1 aliphatic rings. The van der Waals surface area contributed by atoms with Crippen LogP contribution in [0.1, 0.15) is 67.9 Å². The van der Waals surface area contributed by atoms with Crippen LogP contribution in [0.2, 0.25) is 0 Å². The predicted octanol–water partition coefficient (Wildman–Crippen LogP) is 6.14. The Morgan fingerprint density at radius 3 is 2.55 bits per heavy atom. The number of rotatable bonds is 10. The van der Waals surface area contributed by atoms with Crippen molar-refractivity contribution in [2.75, 3.05) is 37.4 Å². The molecule has 3 heterocycles. The molecule has 1 saturated heterocycles. The van der Waals surface area contributed by atoms with Crippen LogP contribution >= 0.6 is 0 Å². The topological polar surface area (TPSA) is 79.4 Å². The summed E-state index contributed by atoms with van der Waals surface area (Å²) in [5, 5.41) is 6.29. The second-order valence-electron chi connectivity index (χ2n) is 11.3. The van der Waals surface area contributed by atoms with Crippen LogP contribution in [0, 0.1) is 5.92 Å². The lowest BCUT2D eigenvalue weighted by atomic mass is 9.87. The van der Waals surface area contributed by atoms with Crippen molar-refractivity contribution in [1.29, 1.82) is 0 Å². The number of amides is 1. The number of hydrogen-bond donors (Lipinski definition) is 2. The summed E-state index contributed by atoms with van der Waals surface area (Å²) in [6, 6.07) is 15.4. The van der Waals surface area contributed by atoms with E-state index in [4.69, 9.17) is 4.74 Å². The minimum atomic E-state index is -0.201. The molecule has 0 unspecified atom stereocenters. The zero-order valence-corrected chi connectivity index (χ0v) is 23.2. The molecule has 0 spiro atoms. The summed E-state index contributed by atoms with van der Waals surface area (Å²) >= 11 is 0. The lowest BCUT2D eigenvalue weighted by molar-refractivity contribution is 0.102. The molecule has 4 rings (SSSR count). The van der Waals surface area contributed by atoms with E-state index in [1.807, 2.05) is 24.3 Å². The van der Waals surface area contributed by atoms with Crippen molar-refractivity contribution in [3.05, 3.63) is 77.6 Å². The van der Waals surface area contributed by atoms with E-state index in [0.717, 1.165) is 23.6 Å². The van der Waals surface area contributed by atoms with E-state index >= 15 is 0 Å². The molecule has 7 heteroatoms. The van der Waals surface area contributed by atoms with Crippen molar-refractivity contribution in [1.82, 2.24) is 14.9 Å². The van der Waals surface area contributed by atoms with E-state index in [-0.39, 0.29) is 11.3 Å². The molecule has 1 aromatic carbocycles. The van der Waals surface area contributed by atoms with Crippen LogP contribution in [0.4, 0.5) is 11.5 Å². The minimum absolute atomic E-state index is 0.0628. The van der Waals surface area contributed by atoms with Crippen molar-refractivity contribution >= 4 is 17.4 Å². The van der Waals surface area contributed by atoms with Gasteiger partial charge < -0.3 is 20.3 Å². The van der Waals surface area contributed by atoms with Crippen molar-refractivity contribution in [3.63, 3.8) is 0 Å². The number of pyridine rings is 2. The van der Waals surface area contributed by atoms with Crippen LogP contribution in [0.15, 0.2) is 60.9 Å². The summed E-state index contributed by atoms with van der Waals surface area (Å²) in [5.41, 5.74) is 3.54. The van der Waals surface area contributed by atoms with Crippen molar-refractivity contribution in [2.45, 2.75) is 58.4 Å². The molecule has 7 nitrogen and oxygen atoms in total. The van der Waals surface area contributed by atoms with Gasteiger partial charge in [-0.05, 0) is 98.6 Å². The number of hydrogen-bond acceptors (Lipinski definition) is 6. The lowest BCUT2D eigenvalue weighted by Crippen LogP contribution is -2.30. The Labute approximate surface area is 227 Å². The van der Waals surface area contributed by atoms with Gasteiger partial charge in [0.15, 0.2) is 0 Å². The first kappa shape index (κ1) is 27.6. The maximum Gasteiger partial charge on any atom is 0.259 e. The van der Waals surface area contributed by atoms with Crippen LogP contribution in [-0.2, 0) is 12.0 Å². The monoisotopic (exact) mass is 515 g/mol. The molecular weight excluding hydrogens is 474 g/mol. The number of nitrogens with zero attached hydrogens (tertiary/aromatic N) is 3. The molecule has 0 radical (unpaired) electrons. The maximum absolute atomic E-state index is 13.0. The molecule has 1 fully saturated rings. The number of anilines is 2. The summed E-state index contributed by atoms with van der Waals surface area (Å²) in [4.78, 5) is 24.2. The first-order chi connectivity index (χ1) is 18.3. The van der Waals surface area contributed by atoms with Crippen molar-refractivity contribution in [2.24, 2.45) is 5.92 Å². The van der Waals surface area contributed by atoms with Gasteiger partial charge in [-0.1, -0.05) is 32.9 Å². The van der Waals surface area contributed by atoms with E-state index in [1.165, 1.54) is 37.9 Å². The smallest absolute Gasteiger partial charge is 0.259 e. The number of aromatic nitrogens is 2. The maximum atomic E-state index is 13.0. The van der Waals surface area contributed by atoms with Crippen LogP contribution in [-0.4, -0.2) is 47.5 Å². The number of nitrogens with one attached hydrogen (secondary N) is 2. The number of carbonyl (C=O) groups is 1. The summed E-state index contributed by atoms with van der Waals surface area (Å²) in [7, 11) is 2.20. The van der Waals surface area contributed by atoms with Gasteiger partial charge in [0.05, 0.1) is 12.2 Å². The zero-order valence-electron chi connectivity index (χ0n) is 23.2. The highest BCUT2D eigenvalue weighted by Crippen LogP contribution is 2.24. The SMILES string of the molecule is CN1CCC(CCCOc2cc(CNc3ncccc3C(=O)Nc3ccc(C(C)(C)C)cc3)ccn2)CC1. The Balaban J connectivity index is 1.28. The summed E-state index contributed by atoms with van der Waals surface area (Å²) in [6.07, 6.45) is 8.27. The van der Waals surface area contributed by atoms with Crippen LogP contribution in [0.5, 0.6) is 5.88 Å². The standard InChI is InChI=1S/C31H41N5O2/c1-31(2,3)25-9-11-26(12-10-25)35-30(37)27-8-5-16-33-29(27)34-22-24-13-17-32-28(21-24)38-20-6-7-23-14-18-36(4)19-15-23/h5,8-13,16-17,21,23H,6-7,14-15,18-20,22H2,1-4H3,(H,33,34)(H,35,37). The minimum Gasteiger partial charge on any atom is -0.478 e. The van der Waals surface area contributed by atoms with Gasteiger partial charge in [0.1, 0.15) is 5.82 Å². The van der Waals surface area contributed by atoms with Gasteiger partial charge in [-0.2, -0.15) is 0 Å². The predicted molar refractivity (Wildman–Crippen MR) is 154 cm³/mol. The molecule has 3 aromatic rings. The van der Waals surface area contributed by atoms with E-state index in [0.29, 0.717) is 30.4 Å². The molecule has 1 amide bonds. The Kier molecular flexibility index (Phi) is 9.34. The summed E-state index contributed by atoms with van der Waals surface area (Å²) < 4.78 is 5.94. The highest BCUT2D eigenvalue weighted by molar-refractivity contribution is 6.07. The Bertz CT molecular complexity index is 1180. The molecule has 1 aliphatic heterocycles. The van der Waals surface area contributed by atoms with Gasteiger partial charge in [-0.15, -0.1) is 0 Å². The first-order valence-electron chi connectivity index (χ1n) is 13.6. The molecule has 38 heavy (non-hydrogen) atoms. The summed E-state index contributed by atoms with van der Waals surface area (Å²) in [6.45, 7) is 10.1. The van der Waals surface area contributed by atoms with E-state index in [9.17, 15) is 4.79 Å². The quantitative estimate of drug-likeness (QED) is 0.316. The van der Waals surface area contributed by atoms with Crippen molar-refractivity contribution in [3.8, 4) is 5.88 Å². The highest BCUT2D eigenvalue weighted by Gasteiger charge is 2.17. The van der Waals surface area contributed by atoms with Gasteiger partial charge in [-0.25, -0.2) is 9.97 Å². The van der Waals surface area contributed by atoms with Gasteiger partial charge in [-0.3, -0.25) is 4.79 Å². The molecule has 2 N–H and O–H groups in total. The molecular formula is C31H41N5O2. The second kappa shape index (κ2) is 12.9. The van der Waals surface area contributed by atoms with Crippen LogP contribution in [0.25, 0.3) is 0 Å². The third-order valence-electron chi connectivity index (χ3n) is 7.17. The Morgan fingerprint density at radius 2 is 1.82 bits per heavy atom. The van der Waals surface area contributed by atoms with E-state index in [2.05, 4.69) is 65.5 Å². The molecule has 2 aromatic heterocycles. The molecule has 0 aliphatic carbocycles. The lowest BCUT2D eigenvalue weighted by Gasteiger charge is -2.28. The van der Waals surface area contributed by atoms with E-state index in [1.54, 1.807) is 24.5 Å². The van der Waals surface area contributed by atoms with Crippen LogP contribution in [0.3, 0.4) is 0 Å². The number of piperidine rings is 1. The van der Waals surface area contributed by atoms with Gasteiger partial charge in [0, 0.05) is 30.7 Å². The van der Waals surface area contributed by atoms with E-state index < -0.39 is 0 Å². The zero-order chi connectivity index (χ0) is 27.0. The number of ether oxygens (including phenoxy) is 1. The molecule has 202 valence electrons. The number of benzene rings is 1. The third-order valence-corrected chi connectivity index (χ3v) is 7.17. The normalized spacial score (nSPS) is 14.7. The number of carbonyl (C=O) groups excluding carboxylic acids is 1.